The van der Waals surface area contributed by atoms with Crippen LogP contribution in [0.5, 0.6) is 11.5 Å². The first-order valence-corrected chi connectivity index (χ1v) is 7.62. The van der Waals surface area contributed by atoms with Gasteiger partial charge in [-0.25, -0.2) is 0 Å². The van der Waals surface area contributed by atoms with Gasteiger partial charge in [0, 0.05) is 13.8 Å². The van der Waals surface area contributed by atoms with Crippen LogP contribution in [0, 0.1) is 0 Å². The SMILES string of the molecule is CC(=O)Oc1ccc(/C(C)=C(/C)c2ccc(OC(C)=O)cc2)cc1. The Kier molecular flexibility index (Phi) is 5.53. The summed E-state index contributed by atoms with van der Waals surface area (Å²) in [5.74, 6) is 0.392. The Hall–Kier alpha value is -2.88. The lowest BCUT2D eigenvalue weighted by atomic mass is 9.97. The van der Waals surface area contributed by atoms with E-state index in [2.05, 4.69) is 0 Å². The van der Waals surface area contributed by atoms with Crippen molar-refractivity contribution in [2.24, 2.45) is 0 Å². The number of hydrogen-bond acceptors (Lipinski definition) is 4. The van der Waals surface area contributed by atoms with Crippen molar-refractivity contribution in [3.05, 3.63) is 59.7 Å². The number of rotatable bonds is 4. The molecule has 4 nitrogen and oxygen atoms in total. The second-order valence-corrected chi connectivity index (χ2v) is 5.49. The van der Waals surface area contributed by atoms with E-state index in [-0.39, 0.29) is 11.9 Å². The smallest absolute Gasteiger partial charge is 0.308 e. The van der Waals surface area contributed by atoms with Crippen molar-refractivity contribution in [3.63, 3.8) is 0 Å². The number of carbonyl (C=O) groups is 2. The minimum atomic E-state index is -0.334. The van der Waals surface area contributed by atoms with Crippen molar-refractivity contribution < 1.29 is 19.1 Å². The fourth-order valence-electron chi connectivity index (χ4n) is 2.31. The largest absolute Gasteiger partial charge is 0.427 e. The maximum atomic E-state index is 11.0. The van der Waals surface area contributed by atoms with E-state index >= 15 is 0 Å². The molecule has 124 valence electrons. The second-order valence-electron chi connectivity index (χ2n) is 5.49. The number of allylic oxidation sites excluding steroid dienone is 2. The minimum Gasteiger partial charge on any atom is -0.427 e. The highest BCUT2D eigenvalue weighted by atomic mass is 16.5. The molecular weight excluding hydrogens is 304 g/mol. The molecule has 0 aromatic heterocycles. The Morgan fingerprint density at radius 2 is 0.875 bits per heavy atom. The van der Waals surface area contributed by atoms with Crippen LogP contribution in [0.2, 0.25) is 0 Å². The first kappa shape index (κ1) is 17.5. The van der Waals surface area contributed by atoms with Gasteiger partial charge in [-0.2, -0.15) is 0 Å². The lowest BCUT2D eigenvalue weighted by molar-refractivity contribution is -0.132. The third-order valence-electron chi connectivity index (χ3n) is 3.66. The van der Waals surface area contributed by atoms with Crippen molar-refractivity contribution >= 4 is 23.1 Å². The average molecular weight is 324 g/mol. The van der Waals surface area contributed by atoms with Crippen molar-refractivity contribution in [2.45, 2.75) is 27.7 Å². The highest BCUT2D eigenvalue weighted by Crippen LogP contribution is 2.28. The van der Waals surface area contributed by atoms with E-state index in [1.165, 1.54) is 13.8 Å². The molecule has 0 aliphatic heterocycles. The molecule has 2 aromatic rings. The van der Waals surface area contributed by atoms with Crippen molar-refractivity contribution in [1.82, 2.24) is 0 Å². The number of carbonyl (C=O) groups excluding carboxylic acids is 2. The first-order valence-electron chi connectivity index (χ1n) is 7.62. The molecule has 0 spiro atoms. The molecule has 24 heavy (non-hydrogen) atoms. The zero-order valence-corrected chi connectivity index (χ0v) is 14.3. The Morgan fingerprint density at radius 1 is 0.583 bits per heavy atom. The second kappa shape index (κ2) is 7.59. The van der Waals surface area contributed by atoms with Crippen molar-refractivity contribution in [3.8, 4) is 11.5 Å². The Balaban J connectivity index is 2.23. The lowest BCUT2D eigenvalue weighted by Crippen LogP contribution is -2.01. The average Bonchev–Trinajstić information content (AvgIpc) is 2.54. The van der Waals surface area contributed by atoms with Crippen LogP contribution in [0.3, 0.4) is 0 Å². The van der Waals surface area contributed by atoms with Gasteiger partial charge in [-0.05, 0) is 60.4 Å². The maximum Gasteiger partial charge on any atom is 0.308 e. The molecule has 0 N–H and O–H groups in total. The summed E-state index contributed by atoms with van der Waals surface area (Å²) >= 11 is 0. The van der Waals surface area contributed by atoms with Gasteiger partial charge >= 0.3 is 11.9 Å². The molecule has 0 aliphatic carbocycles. The predicted octanol–water partition coefficient (Wildman–Crippen LogP) is 4.49. The van der Waals surface area contributed by atoms with E-state index in [1.54, 1.807) is 24.3 Å². The molecule has 0 atom stereocenters. The quantitative estimate of drug-likeness (QED) is 0.472. The zero-order valence-electron chi connectivity index (χ0n) is 14.3. The molecular formula is C20H20O4. The van der Waals surface area contributed by atoms with Gasteiger partial charge in [0.25, 0.3) is 0 Å². The number of esters is 2. The van der Waals surface area contributed by atoms with Gasteiger partial charge in [-0.15, -0.1) is 0 Å². The fourth-order valence-corrected chi connectivity index (χ4v) is 2.31. The summed E-state index contributed by atoms with van der Waals surface area (Å²) in [6.07, 6.45) is 0. The summed E-state index contributed by atoms with van der Waals surface area (Å²) in [4.78, 5) is 21.9. The summed E-state index contributed by atoms with van der Waals surface area (Å²) in [5, 5.41) is 0. The molecule has 4 heteroatoms. The fraction of sp³-hybridized carbons (Fsp3) is 0.200. The summed E-state index contributed by atoms with van der Waals surface area (Å²) in [6, 6.07) is 14.8. The van der Waals surface area contributed by atoms with Crippen molar-refractivity contribution in [2.75, 3.05) is 0 Å². The monoisotopic (exact) mass is 324 g/mol. The normalized spacial score (nSPS) is 11.5. The summed E-state index contributed by atoms with van der Waals surface area (Å²) in [7, 11) is 0. The maximum absolute atomic E-state index is 11.0. The summed E-state index contributed by atoms with van der Waals surface area (Å²) < 4.78 is 10.1. The molecule has 0 saturated carbocycles. The van der Waals surface area contributed by atoms with Gasteiger partial charge in [0.1, 0.15) is 11.5 Å². The van der Waals surface area contributed by atoms with Crippen LogP contribution in [0.25, 0.3) is 11.1 Å². The molecule has 0 bridgehead atoms. The van der Waals surface area contributed by atoms with Gasteiger partial charge in [-0.1, -0.05) is 24.3 Å². The predicted molar refractivity (Wildman–Crippen MR) is 93.7 cm³/mol. The van der Waals surface area contributed by atoms with E-state index < -0.39 is 0 Å². The van der Waals surface area contributed by atoms with Crippen LogP contribution in [-0.2, 0) is 9.59 Å². The van der Waals surface area contributed by atoms with Gasteiger partial charge in [0.15, 0.2) is 0 Å². The van der Waals surface area contributed by atoms with Crippen LogP contribution in [0.4, 0.5) is 0 Å². The van der Waals surface area contributed by atoms with E-state index in [1.807, 2.05) is 38.1 Å². The summed E-state index contributed by atoms with van der Waals surface area (Å²) in [5.41, 5.74) is 4.33. The Bertz CT molecular complexity index is 701. The van der Waals surface area contributed by atoms with Gasteiger partial charge in [0.05, 0.1) is 0 Å². The molecule has 0 heterocycles. The minimum absolute atomic E-state index is 0.334. The summed E-state index contributed by atoms with van der Waals surface area (Å²) in [6.45, 7) is 6.83. The third kappa shape index (κ3) is 4.56. The first-order chi connectivity index (χ1) is 11.4. The lowest BCUT2D eigenvalue weighted by Gasteiger charge is -2.10. The molecule has 0 saturated heterocycles. The Labute approximate surface area is 141 Å². The highest BCUT2D eigenvalue weighted by Gasteiger charge is 2.06. The highest BCUT2D eigenvalue weighted by molar-refractivity contribution is 5.89. The molecule has 0 radical (unpaired) electrons. The number of benzene rings is 2. The van der Waals surface area contributed by atoms with E-state index in [4.69, 9.17) is 9.47 Å². The van der Waals surface area contributed by atoms with Gasteiger partial charge < -0.3 is 9.47 Å². The van der Waals surface area contributed by atoms with Crippen LogP contribution >= 0.6 is 0 Å². The number of ether oxygens (including phenoxy) is 2. The zero-order chi connectivity index (χ0) is 17.7. The molecule has 0 unspecified atom stereocenters. The third-order valence-corrected chi connectivity index (χ3v) is 3.66. The van der Waals surface area contributed by atoms with E-state index in [0.717, 1.165) is 22.3 Å². The molecule has 0 aliphatic rings. The van der Waals surface area contributed by atoms with Crippen LogP contribution in [0.1, 0.15) is 38.8 Å². The standard InChI is InChI=1S/C20H20O4/c1-13(17-5-9-19(10-6-17)23-15(3)21)14(2)18-7-11-20(12-8-18)24-16(4)22/h5-12H,1-4H3/b14-13-. The van der Waals surface area contributed by atoms with Gasteiger partial charge in [0.2, 0.25) is 0 Å². The Morgan fingerprint density at radius 3 is 1.12 bits per heavy atom. The van der Waals surface area contributed by atoms with Crippen LogP contribution in [0.15, 0.2) is 48.5 Å². The van der Waals surface area contributed by atoms with E-state index in [0.29, 0.717) is 11.5 Å². The molecule has 2 aromatic carbocycles. The number of hydrogen-bond donors (Lipinski definition) is 0. The van der Waals surface area contributed by atoms with Crippen LogP contribution < -0.4 is 9.47 Å². The topological polar surface area (TPSA) is 52.6 Å². The van der Waals surface area contributed by atoms with Crippen LogP contribution in [-0.4, -0.2) is 11.9 Å². The molecule has 0 fully saturated rings. The van der Waals surface area contributed by atoms with E-state index in [9.17, 15) is 9.59 Å². The van der Waals surface area contributed by atoms with Gasteiger partial charge in [-0.3, -0.25) is 9.59 Å². The molecule has 0 amide bonds. The van der Waals surface area contributed by atoms with Crippen molar-refractivity contribution in [1.29, 1.82) is 0 Å². The molecule has 2 rings (SSSR count).